The molecule has 0 unspecified atom stereocenters. The van der Waals surface area contributed by atoms with E-state index in [-0.39, 0.29) is 5.54 Å². The van der Waals surface area contributed by atoms with E-state index in [0.717, 1.165) is 4.60 Å². The summed E-state index contributed by atoms with van der Waals surface area (Å²) >= 11 is 3.52. The maximum Gasteiger partial charge on any atom is 0.0853 e. The minimum Gasteiger partial charge on any atom is -0.334 e. The molecule has 11 heavy (non-hydrogen) atoms. The van der Waals surface area contributed by atoms with Gasteiger partial charge in [-0.1, -0.05) is 0 Å². The van der Waals surface area contributed by atoms with Crippen molar-refractivity contribution in [2.24, 2.45) is 0 Å². The van der Waals surface area contributed by atoms with E-state index in [4.69, 9.17) is 0 Å². The first-order valence-electron chi connectivity index (χ1n) is 3.77. The van der Waals surface area contributed by atoms with E-state index in [9.17, 15) is 0 Å². The van der Waals surface area contributed by atoms with Crippen LogP contribution in [0.5, 0.6) is 0 Å². The Morgan fingerprint density at radius 3 is 2.00 bits per heavy atom. The predicted octanol–water partition coefficient (Wildman–Crippen LogP) is 3.31. The molecule has 1 nitrogen and oxygen atoms in total. The van der Waals surface area contributed by atoms with Crippen LogP contribution in [-0.2, 0) is 5.54 Å². The summed E-state index contributed by atoms with van der Waals surface area (Å²) in [6.45, 7) is 8.72. The molecule has 1 rings (SSSR count). The molecule has 0 fully saturated rings. The van der Waals surface area contributed by atoms with Crippen LogP contribution in [0.4, 0.5) is 0 Å². The van der Waals surface area contributed by atoms with Gasteiger partial charge in [0, 0.05) is 11.2 Å². The maximum atomic E-state index is 3.52. The topological polar surface area (TPSA) is 4.93 Å². The van der Waals surface area contributed by atoms with Gasteiger partial charge in [-0.2, -0.15) is 0 Å². The first-order chi connectivity index (χ1) is 4.93. The molecule has 1 aromatic rings. The Hall–Kier alpha value is -0.240. The van der Waals surface area contributed by atoms with Crippen molar-refractivity contribution in [3.05, 3.63) is 22.4 Å². The van der Waals surface area contributed by atoms with E-state index in [2.05, 4.69) is 60.3 Å². The molecule has 0 N–H and O–H groups in total. The van der Waals surface area contributed by atoms with Gasteiger partial charge in [0.1, 0.15) is 0 Å². The zero-order valence-electron chi connectivity index (χ0n) is 7.48. The van der Waals surface area contributed by atoms with E-state index < -0.39 is 0 Å². The second-order valence-corrected chi connectivity index (χ2v) is 4.62. The molecule has 2 heteroatoms. The molecule has 0 amide bonds. The fourth-order valence-corrected chi connectivity index (χ4v) is 2.30. The molecule has 0 saturated heterocycles. The average molecular weight is 216 g/mol. The van der Waals surface area contributed by atoms with Gasteiger partial charge in [-0.15, -0.1) is 0 Å². The summed E-state index contributed by atoms with van der Waals surface area (Å²) in [5.41, 5.74) is 1.47. The Morgan fingerprint density at radius 1 is 1.27 bits per heavy atom. The predicted molar refractivity (Wildman–Crippen MR) is 51.9 cm³/mol. The lowest BCUT2D eigenvalue weighted by Gasteiger charge is -2.24. The van der Waals surface area contributed by atoms with Crippen LogP contribution in [0.3, 0.4) is 0 Å². The van der Waals surface area contributed by atoms with E-state index in [0.29, 0.717) is 0 Å². The highest BCUT2D eigenvalue weighted by Crippen LogP contribution is 2.24. The number of halogens is 1. The lowest BCUT2D eigenvalue weighted by molar-refractivity contribution is 0.384. The fraction of sp³-hybridized carbons (Fsp3) is 0.556. The van der Waals surface area contributed by atoms with Crippen molar-refractivity contribution in [2.75, 3.05) is 0 Å². The largest absolute Gasteiger partial charge is 0.334 e. The molecule has 1 aromatic heterocycles. The van der Waals surface area contributed by atoms with Crippen LogP contribution >= 0.6 is 15.9 Å². The second-order valence-electron chi connectivity index (χ2n) is 3.80. The van der Waals surface area contributed by atoms with E-state index in [1.165, 1.54) is 5.69 Å². The molecule has 0 aliphatic rings. The quantitative estimate of drug-likeness (QED) is 0.626. The molecule has 0 aliphatic heterocycles. The molecule has 0 bridgehead atoms. The van der Waals surface area contributed by atoms with Crippen LogP contribution in [-0.4, -0.2) is 4.57 Å². The van der Waals surface area contributed by atoms with Crippen LogP contribution in [0.2, 0.25) is 0 Å². The zero-order chi connectivity index (χ0) is 8.65. The number of hydrogen-bond donors (Lipinski definition) is 0. The van der Waals surface area contributed by atoms with Crippen molar-refractivity contribution in [1.82, 2.24) is 4.57 Å². The van der Waals surface area contributed by atoms with Gasteiger partial charge < -0.3 is 4.57 Å². The SMILES string of the molecule is Cc1ccc(Br)n1C(C)(C)C. The minimum atomic E-state index is 0.173. The summed E-state index contributed by atoms with van der Waals surface area (Å²) in [4.78, 5) is 0. The molecular formula is C9H14BrN. The van der Waals surface area contributed by atoms with Crippen molar-refractivity contribution >= 4 is 15.9 Å². The highest BCUT2D eigenvalue weighted by molar-refractivity contribution is 9.10. The molecule has 0 spiro atoms. The Labute approximate surface area is 76.5 Å². The Kier molecular flexibility index (Phi) is 2.15. The van der Waals surface area contributed by atoms with Gasteiger partial charge >= 0.3 is 0 Å². The van der Waals surface area contributed by atoms with Crippen LogP contribution < -0.4 is 0 Å². The normalized spacial score (nSPS) is 12.1. The van der Waals surface area contributed by atoms with Gasteiger partial charge in [0.25, 0.3) is 0 Å². The summed E-state index contributed by atoms with van der Waals surface area (Å²) in [6.07, 6.45) is 0. The molecule has 0 atom stereocenters. The van der Waals surface area contributed by atoms with Crippen LogP contribution in [0.25, 0.3) is 0 Å². The van der Waals surface area contributed by atoms with E-state index >= 15 is 0 Å². The van der Waals surface area contributed by atoms with Gasteiger partial charge in [0.05, 0.1) is 4.60 Å². The Morgan fingerprint density at radius 2 is 1.82 bits per heavy atom. The van der Waals surface area contributed by atoms with Gasteiger partial charge in [0.15, 0.2) is 0 Å². The van der Waals surface area contributed by atoms with Crippen molar-refractivity contribution in [2.45, 2.75) is 33.2 Å². The number of nitrogens with zero attached hydrogens (tertiary/aromatic N) is 1. The lowest BCUT2D eigenvalue weighted by atomic mass is 10.1. The van der Waals surface area contributed by atoms with Gasteiger partial charge in [-0.05, 0) is 55.8 Å². The molecule has 0 radical (unpaired) electrons. The summed E-state index contributed by atoms with van der Waals surface area (Å²) in [7, 11) is 0. The van der Waals surface area contributed by atoms with E-state index in [1.54, 1.807) is 0 Å². The number of rotatable bonds is 0. The first-order valence-corrected chi connectivity index (χ1v) is 4.56. The maximum absolute atomic E-state index is 3.52. The van der Waals surface area contributed by atoms with Gasteiger partial charge in [0.2, 0.25) is 0 Å². The Balaban J connectivity index is 3.21. The third-order valence-electron chi connectivity index (χ3n) is 1.70. The standard InChI is InChI=1S/C9H14BrN/c1-7-5-6-8(10)11(7)9(2,3)4/h5-6H,1-4H3. The molecular weight excluding hydrogens is 202 g/mol. The van der Waals surface area contributed by atoms with Crippen molar-refractivity contribution < 1.29 is 0 Å². The summed E-state index contributed by atoms with van der Waals surface area (Å²) in [5, 5.41) is 0. The highest BCUT2D eigenvalue weighted by Gasteiger charge is 2.16. The van der Waals surface area contributed by atoms with Crippen LogP contribution in [0, 0.1) is 6.92 Å². The lowest BCUT2D eigenvalue weighted by Crippen LogP contribution is -2.22. The summed E-state index contributed by atoms with van der Waals surface area (Å²) < 4.78 is 3.43. The third-order valence-corrected chi connectivity index (χ3v) is 2.32. The first kappa shape index (κ1) is 8.85. The zero-order valence-corrected chi connectivity index (χ0v) is 9.07. The Bertz CT molecular complexity index is 236. The molecule has 0 saturated carbocycles. The number of hydrogen-bond acceptors (Lipinski definition) is 0. The van der Waals surface area contributed by atoms with Crippen LogP contribution in [0.1, 0.15) is 26.5 Å². The third kappa shape index (κ3) is 1.67. The highest BCUT2D eigenvalue weighted by atomic mass is 79.9. The van der Waals surface area contributed by atoms with Crippen LogP contribution in [0.15, 0.2) is 16.7 Å². The fourth-order valence-electron chi connectivity index (χ4n) is 1.36. The molecule has 0 aliphatic carbocycles. The van der Waals surface area contributed by atoms with E-state index in [1.807, 2.05) is 0 Å². The van der Waals surface area contributed by atoms with Crippen molar-refractivity contribution in [1.29, 1.82) is 0 Å². The van der Waals surface area contributed by atoms with Gasteiger partial charge in [-0.25, -0.2) is 0 Å². The summed E-state index contributed by atoms with van der Waals surface area (Å²) in [5.74, 6) is 0. The molecule has 1 heterocycles. The second kappa shape index (κ2) is 2.67. The van der Waals surface area contributed by atoms with Gasteiger partial charge in [-0.3, -0.25) is 0 Å². The van der Waals surface area contributed by atoms with Crippen molar-refractivity contribution in [3.8, 4) is 0 Å². The molecule has 0 aromatic carbocycles. The average Bonchev–Trinajstić information content (AvgIpc) is 2.08. The number of aromatic nitrogens is 1. The molecule has 62 valence electrons. The smallest absolute Gasteiger partial charge is 0.0853 e. The monoisotopic (exact) mass is 215 g/mol. The minimum absolute atomic E-state index is 0.173. The number of aryl methyl sites for hydroxylation is 1. The summed E-state index contributed by atoms with van der Waals surface area (Å²) in [6, 6.07) is 4.20. The van der Waals surface area contributed by atoms with Crippen molar-refractivity contribution in [3.63, 3.8) is 0 Å².